The fraction of sp³-hybridized carbons (Fsp3) is 0.538. The molecule has 0 aromatic heterocycles. The Hall–Kier alpha value is -1.22. The van der Waals surface area contributed by atoms with Crippen LogP contribution in [0.15, 0.2) is 24.3 Å². The van der Waals surface area contributed by atoms with Crippen molar-refractivity contribution < 1.29 is 4.74 Å². The topological polar surface area (TPSA) is 38.5 Å². The first-order chi connectivity index (χ1) is 7.77. The van der Waals surface area contributed by atoms with Crippen LogP contribution in [-0.4, -0.2) is 26.3 Å². The van der Waals surface area contributed by atoms with Gasteiger partial charge in [-0.1, -0.05) is 13.0 Å². The molecule has 2 N–H and O–H groups in total. The molecule has 3 nitrogen and oxygen atoms in total. The van der Waals surface area contributed by atoms with Crippen LogP contribution < -0.4 is 10.6 Å². The molecule has 1 aromatic rings. The number of anilines is 2. The zero-order valence-electron chi connectivity index (χ0n) is 10.3. The highest BCUT2D eigenvalue weighted by atomic mass is 16.5. The third-order valence-electron chi connectivity index (χ3n) is 2.47. The molecule has 16 heavy (non-hydrogen) atoms. The van der Waals surface area contributed by atoms with Crippen molar-refractivity contribution >= 4 is 11.4 Å². The van der Waals surface area contributed by atoms with Crippen LogP contribution in [-0.2, 0) is 4.74 Å². The number of ether oxygens (including phenoxy) is 1. The normalized spacial score (nSPS) is 10.4. The van der Waals surface area contributed by atoms with E-state index in [0.29, 0.717) is 0 Å². The van der Waals surface area contributed by atoms with Gasteiger partial charge in [0, 0.05) is 31.1 Å². The highest BCUT2D eigenvalue weighted by Gasteiger charge is 2.03. The van der Waals surface area contributed by atoms with Gasteiger partial charge < -0.3 is 15.4 Å². The lowest BCUT2D eigenvalue weighted by molar-refractivity contribution is 0.141. The molecular formula is C13H22N2O. The first kappa shape index (κ1) is 12.8. The Bertz CT molecular complexity index is 302. The van der Waals surface area contributed by atoms with Crippen molar-refractivity contribution in [3.05, 3.63) is 24.3 Å². The molecule has 0 aliphatic heterocycles. The largest absolute Gasteiger partial charge is 0.399 e. The summed E-state index contributed by atoms with van der Waals surface area (Å²) in [6.45, 7) is 7.77. The summed E-state index contributed by atoms with van der Waals surface area (Å²) in [5.41, 5.74) is 7.75. The monoisotopic (exact) mass is 222 g/mol. The van der Waals surface area contributed by atoms with Crippen molar-refractivity contribution in [2.45, 2.75) is 20.3 Å². The summed E-state index contributed by atoms with van der Waals surface area (Å²) < 4.78 is 5.49. The van der Waals surface area contributed by atoms with E-state index in [9.17, 15) is 0 Å². The van der Waals surface area contributed by atoms with Gasteiger partial charge >= 0.3 is 0 Å². The number of likely N-dealkylation sites (N-methyl/N-ethyl adjacent to an activating group) is 1. The van der Waals surface area contributed by atoms with Gasteiger partial charge in [0.05, 0.1) is 6.61 Å². The van der Waals surface area contributed by atoms with Crippen LogP contribution in [0.4, 0.5) is 11.4 Å². The summed E-state index contributed by atoms with van der Waals surface area (Å²) in [4.78, 5) is 2.27. The second kappa shape index (κ2) is 7.12. The molecule has 1 rings (SSSR count). The van der Waals surface area contributed by atoms with Crippen molar-refractivity contribution in [1.29, 1.82) is 0 Å². The third kappa shape index (κ3) is 4.11. The molecule has 0 heterocycles. The van der Waals surface area contributed by atoms with Gasteiger partial charge in [-0.05, 0) is 31.5 Å². The Labute approximate surface area is 98.2 Å². The van der Waals surface area contributed by atoms with Crippen LogP contribution in [0.3, 0.4) is 0 Å². The second-order valence-corrected chi connectivity index (χ2v) is 3.79. The SMILES string of the molecule is CCCOCCN(CC)c1cccc(N)c1. The summed E-state index contributed by atoms with van der Waals surface area (Å²) in [5.74, 6) is 0. The Morgan fingerprint density at radius 2 is 2.06 bits per heavy atom. The minimum absolute atomic E-state index is 0.774. The lowest BCUT2D eigenvalue weighted by Gasteiger charge is -2.23. The van der Waals surface area contributed by atoms with E-state index in [1.165, 1.54) is 5.69 Å². The van der Waals surface area contributed by atoms with Crippen molar-refractivity contribution in [1.82, 2.24) is 0 Å². The molecule has 0 bridgehead atoms. The van der Waals surface area contributed by atoms with E-state index in [4.69, 9.17) is 10.5 Å². The van der Waals surface area contributed by atoms with Gasteiger partial charge in [-0.3, -0.25) is 0 Å². The van der Waals surface area contributed by atoms with Gasteiger partial charge in [0.15, 0.2) is 0 Å². The number of rotatable bonds is 7. The summed E-state index contributed by atoms with van der Waals surface area (Å²) in [5, 5.41) is 0. The first-order valence-corrected chi connectivity index (χ1v) is 5.96. The molecule has 3 heteroatoms. The molecule has 0 saturated heterocycles. The van der Waals surface area contributed by atoms with E-state index < -0.39 is 0 Å². The fourth-order valence-corrected chi connectivity index (χ4v) is 1.61. The molecule has 0 saturated carbocycles. The van der Waals surface area contributed by atoms with E-state index in [0.717, 1.165) is 38.4 Å². The van der Waals surface area contributed by atoms with Gasteiger partial charge in [-0.2, -0.15) is 0 Å². The van der Waals surface area contributed by atoms with Crippen molar-refractivity contribution in [3.63, 3.8) is 0 Å². The van der Waals surface area contributed by atoms with Gasteiger partial charge in [-0.25, -0.2) is 0 Å². The summed E-state index contributed by atoms with van der Waals surface area (Å²) in [6, 6.07) is 7.98. The van der Waals surface area contributed by atoms with E-state index in [1.54, 1.807) is 0 Å². The number of benzene rings is 1. The molecule has 90 valence electrons. The number of hydrogen-bond acceptors (Lipinski definition) is 3. The smallest absolute Gasteiger partial charge is 0.0641 e. The number of nitrogens with two attached hydrogens (primary N) is 1. The van der Waals surface area contributed by atoms with E-state index in [-0.39, 0.29) is 0 Å². The zero-order valence-corrected chi connectivity index (χ0v) is 10.3. The zero-order chi connectivity index (χ0) is 11.8. The quantitative estimate of drug-likeness (QED) is 0.569. The molecule has 0 aliphatic carbocycles. The predicted octanol–water partition coefficient (Wildman–Crippen LogP) is 2.52. The van der Waals surface area contributed by atoms with Crippen molar-refractivity contribution in [2.24, 2.45) is 0 Å². The fourth-order valence-electron chi connectivity index (χ4n) is 1.61. The molecule has 0 spiro atoms. The van der Waals surface area contributed by atoms with Crippen molar-refractivity contribution in [2.75, 3.05) is 36.9 Å². The number of hydrogen-bond donors (Lipinski definition) is 1. The Morgan fingerprint density at radius 1 is 1.25 bits per heavy atom. The first-order valence-electron chi connectivity index (χ1n) is 5.96. The van der Waals surface area contributed by atoms with Gasteiger partial charge in [0.2, 0.25) is 0 Å². The molecule has 0 unspecified atom stereocenters. The maximum atomic E-state index is 5.77. The number of nitrogens with zero attached hydrogens (tertiary/aromatic N) is 1. The van der Waals surface area contributed by atoms with Crippen LogP contribution in [0.2, 0.25) is 0 Å². The Kier molecular flexibility index (Phi) is 5.72. The van der Waals surface area contributed by atoms with Crippen LogP contribution in [0, 0.1) is 0 Å². The molecule has 0 atom stereocenters. The van der Waals surface area contributed by atoms with Crippen LogP contribution >= 0.6 is 0 Å². The minimum Gasteiger partial charge on any atom is -0.399 e. The second-order valence-electron chi connectivity index (χ2n) is 3.79. The molecule has 1 aromatic carbocycles. The van der Waals surface area contributed by atoms with Crippen LogP contribution in [0.5, 0.6) is 0 Å². The molecule has 0 aliphatic rings. The standard InChI is InChI=1S/C13H22N2O/c1-3-9-16-10-8-15(4-2)13-7-5-6-12(14)11-13/h5-7,11H,3-4,8-10,14H2,1-2H3. The van der Waals surface area contributed by atoms with E-state index in [1.807, 2.05) is 18.2 Å². The molecule has 0 amide bonds. The maximum Gasteiger partial charge on any atom is 0.0641 e. The summed E-state index contributed by atoms with van der Waals surface area (Å²) in [7, 11) is 0. The number of nitrogen functional groups attached to an aromatic ring is 1. The molecule has 0 radical (unpaired) electrons. The summed E-state index contributed by atoms with van der Waals surface area (Å²) >= 11 is 0. The lowest BCUT2D eigenvalue weighted by Crippen LogP contribution is -2.27. The lowest BCUT2D eigenvalue weighted by atomic mass is 10.2. The van der Waals surface area contributed by atoms with Crippen LogP contribution in [0.1, 0.15) is 20.3 Å². The van der Waals surface area contributed by atoms with Gasteiger partial charge in [0.25, 0.3) is 0 Å². The van der Waals surface area contributed by atoms with Crippen LogP contribution in [0.25, 0.3) is 0 Å². The average Bonchev–Trinajstić information content (AvgIpc) is 2.29. The maximum absolute atomic E-state index is 5.77. The van der Waals surface area contributed by atoms with Gasteiger partial charge in [0.1, 0.15) is 0 Å². The summed E-state index contributed by atoms with van der Waals surface area (Å²) in [6.07, 6.45) is 1.07. The van der Waals surface area contributed by atoms with E-state index in [2.05, 4.69) is 24.8 Å². The van der Waals surface area contributed by atoms with E-state index >= 15 is 0 Å². The predicted molar refractivity (Wildman–Crippen MR) is 69.9 cm³/mol. The molecule has 0 fully saturated rings. The molecular weight excluding hydrogens is 200 g/mol. The highest BCUT2D eigenvalue weighted by Crippen LogP contribution is 2.16. The third-order valence-corrected chi connectivity index (χ3v) is 2.47. The highest BCUT2D eigenvalue weighted by molar-refractivity contribution is 5.55. The van der Waals surface area contributed by atoms with Crippen molar-refractivity contribution in [3.8, 4) is 0 Å². The van der Waals surface area contributed by atoms with Gasteiger partial charge in [-0.15, -0.1) is 0 Å². The minimum atomic E-state index is 0.774. The Balaban J connectivity index is 2.47. The Morgan fingerprint density at radius 3 is 2.69 bits per heavy atom. The average molecular weight is 222 g/mol.